The van der Waals surface area contributed by atoms with E-state index < -0.39 is 12.1 Å². The van der Waals surface area contributed by atoms with Crippen LogP contribution in [0.2, 0.25) is 0 Å². The molecule has 0 amide bonds. The summed E-state index contributed by atoms with van der Waals surface area (Å²) in [6.07, 6.45) is 77.0. The zero-order valence-corrected chi connectivity index (χ0v) is 42.6. The monoisotopic (exact) mass is 923 g/mol. The fourth-order valence-electron chi connectivity index (χ4n) is 6.36. The number of rotatable bonds is 45. The molecule has 6 nitrogen and oxygen atoms in total. The van der Waals surface area contributed by atoms with Gasteiger partial charge in [0.25, 0.3) is 0 Å². The molecule has 6 heteroatoms. The summed E-state index contributed by atoms with van der Waals surface area (Å²) in [7, 11) is 0. The number of carbonyl (C=O) groups is 3. The summed E-state index contributed by atoms with van der Waals surface area (Å²) >= 11 is 0. The maximum Gasteiger partial charge on any atom is 0.306 e. The molecule has 0 aromatic rings. The molecule has 0 rings (SSSR count). The van der Waals surface area contributed by atoms with E-state index in [1.54, 1.807) is 0 Å². The van der Waals surface area contributed by atoms with Gasteiger partial charge in [-0.2, -0.15) is 0 Å². The Kier molecular flexibility index (Phi) is 50.1. The minimum Gasteiger partial charge on any atom is -0.462 e. The fourth-order valence-corrected chi connectivity index (χ4v) is 6.36. The maximum absolute atomic E-state index is 12.8. The maximum atomic E-state index is 12.8. The first-order valence-corrected chi connectivity index (χ1v) is 26.3. The van der Waals surface area contributed by atoms with Crippen molar-refractivity contribution in [2.75, 3.05) is 13.2 Å². The van der Waals surface area contributed by atoms with Gasteiger partial charge in [-0.3, -0.25) is 14.4 Å². The third kappa shape index (κ3) is 52.1. The zero-order chi connectivity index (χ0) is 48.6. The van der Waals surface area contributed by atoms with Crippen LogP contribution in [-0.4, -0.2) is 37.2 Å². The van der Waals surface area contributed by atoms with Crippen LogP contribution in [0.5, 0.6) is 0 Å². The molecule has 374 valence electrons. The van der Waals surface area contributed by atoms with Crippen molar-refractivity contribution in [2.45, 2.75) is 207 Å². The van der Waals surface area contributed by atoms with Gasteiger partial charge in [0.1, 0.15) is 13.2 Å². The van der Waals surface area contributed by atoms with Gasteiger partial charge in [0.15, 0.2) is 6.10 Å². The van der Waals surface area contributed by atoms with E-state index in [0.29, 0.717) is 19.3 Å². The van der Waals surface area contributed by atoms with Crippen LogP contribution < -0.4 is 0 Å². The van der Waals surface area contributed by atoms with Gasteiger partial charge < -0.3 is 14.2 Å². The van der Waals surface area contributed by atoms with Crippen LogP contribution in [0, 0.1) is 0 Å². The van der Waals surface area contributed by atoms with Crippen molar-refractivity contribution in [2.24, 2.45) is 0 Å². The first-order valence-electron chi connectivity index (χ1n) is 26.3. The van der Waals surface area contributed by atoms with E-state index in [0.717, 1.165) is 89.9 Å². The standard InChI is InChI=1S/C61H94O6/c1-4-7-10-13-16-19-22-25-28-29-30-31-34-37-40-43-46-49-52-55-61(64)67-58(56-65-59(62)53-50-47-44-41-38-35-32-26-23-20-17-14-11-8-5-2)57-66-60(63)54-51-48-45-42-39-36-33-27-24-21-18-15-12-9-6-3/h7,10,16-21,25-28,30-33,37-42,46,49,58H,4-6,8-9,11-15,22-24,29,34-36,43-45,47-48,50-57H2,1-3H3/b10-7-,19-16-,20-17-,21-18-,28-25-,31-30-,32-26-,33-27-,40-37-,41-38-,42-39-,49-46-. The molecule has 0 heterocycles. The number of esters is 3. The van der Waals surface area contributed by atoms with E-state index in [-0.39, 0.29) is 44.4 Å². The number of hydrogen-bond donors (Lipinski definition) is 0. The number of carbonyl (C=O) groups excluding carboxylic acids is 3. The summed E-state index contributed by atoms with van der Waals surface area (Å²) in [5.41, 5.74) is 0. The van der Waals surface area contributed by atoms with Crippen molar-refractivity contribution in [3.05, 3.63) is 146 Å². The number of ether oxygens (including phenoxy) is 3. The molecule has 0 unspecified atom stereocenters. The summed E-state index contributed by atoms with van der Waals surface area (Å²) in [5, 5.41) is 0. The van der Waals surface area contributed by atoms with E-state index in [9.17, 15) is 14.4 Å². The molecule has 0 bridgehead atoms. The third-order valence-electron chi connectivity index (χ3n) is 10.3. The quantitative estimate of drug-likeness (QED) is 0.0262. The van der Waals surface area contributed by atoms with E-state index in [1.807, 2.05) is 12.2 Å². The number of unbranched alkanes of at least 4 members (excludes halogenated alkanes) is 10. The van der Waals surface area contributed by atoms with E-state index in [1.165, 1.54) is 51.4 Å². The molecule has 0 saturated carbocycles. The minimum atomic E-state index is -0.856. The summed E-state index contributed by atoms with van der Waals surface area (Å²) in [5.74, 6) is -1.12. The number of hydrogen-bond acceptors (Lipinski definition) is 6. The molecule has 0 fully saturated rings. The Hall–Kier alpha value is -4.71. The van der Waals surface area contributed by atoms with Crippen molar-refractivity contribution in [1.82, 2.24) is 0 Å². The molecule has 0 atom stereocenters. The average molecular weight is 923 g/mol. The highest BCUT2D eigenvalue weighted by Crippen LogP contribution is 2.09. The third-order valence-corrected chi connectivity index (χ3v) is 10.3. The predicted molar refractivity (Wildman–Crippen MR) is 288 cm³/mol. The minimum absolute atomic E-state index is 0.146. The Morgan fingerprint density at radius 1 is 0.313 bits per heavy atom. The van der Waals surface area contributed by atoms with Crippen LogP contribution in [0.25, 0.3) is 0 Å². The lowest BCUT2D eigenvalue weighted by molar-refractivity contribution is -0.166. The SMILES string of the molecule is CC/C=C\C/C=C\C/C=C\C/C=C\C/C=C\C/C=C\CCC(=O)OC(COC(=O)CCCC/C=C\C/C=C\C/C=C\CCCCC)COC(=O)CCCC/C=C\C/C=C\C/C=C\CCCCC. The average Bonchev–Trinajstić information content (AvgIpc) is 3.33. The Morgan fingerprint density at radius 3 is 0.910 bits per heavy atom. The molecule has 0 N–H and O–H groups in total. The summed E-state index contributed by atoms with van der Waals surface area (Å²) in [4.78, 5) is 38.0. The van der Waals surface area contributed by atoms with Crippen molar-refractivity contribution < 1.29 is 28.6 Å². The molecular weight excluding hydrogens is 829 g/mol. The predicted octanol–water partition coefficient (Wildman–Crippen LogP) is 17.6. The lowest BCUT2D eigenvalue weighted by Gasteiger charge is -2.18. The highest BCUT2D eigenvalue weighted by Gasteiger charge is 2.19. The lowest BCUT2D eigenvalue weighted by Crippen LogP contribution is -2.30. The van der Waals surface area contributed by atoms with Crippen molar-refractivity contribution in [3.63, 3.8) is 0 Å². The number of allylic oxidation sites excluding steroid dienone is 24. The van der Waals surface area contributed by atoms with Gasteiger partial charge in [-0.15, -0.1) is 0 Å². The van der Waals surface area contributed by atoms with Gasteiger partial charge in [-0.1, -0.05) is 192 Å². The second kappa shape index (κ2) is 53.9. The molecule has 0 saturated heterocycles. The van der Waals surface area contributed by atoms with Crippen LogP contribution >= 0.6 is 0 Å². The summed E-state index contributed by atoms with van der Waals surface area (Å²) in [6, 6.07) is 0. The zero-order valence-electron chi connectivity index (χ0n) is 42.6. The smallest absolute Gasteiger partial charge is 0.306 e. The van der Waals surface area contributed by atoms with Crippen LogP contribution in [0.15, 0.2) is 146 Å². The summed E-state index contributed by atoms with van der Waals surface area (Å²) < 4.78 is 16.7. The van der Waals surface area contributed by atoms with Crippen LogP contribution in [-0.2, 0) is 28.6 Å². The van der Waals surface area contributed by atoms with E-state index in [4.69, 9.17) is 14.2 Å². The van der Waals surface area contributed by atoms with Gasteiger partial charge in [0.2, 0.25) is 0 Å². The van der Waals surface area contributed by atoms with Crippen molar-refractivity contribution in [3.8, 4) is 0 Å². The first-order chi connectivity index (χ1) is 33.0. The topological polar surface area (TPSA) is 78.9 Å². The Bertz CT molecular complexity index is 1460. The molecule has 0 aliphatic rings. The Labute approximate surface area is 410 Å². The van der Waals surface area contributed by atoms with Crippen LogP contribution in [0.4, 0.5) is 0 Å². The van der Waals surface area contributed by atoms with E-state index in [2.05, 4.69) is 154 Å². The first kappa shape index (κ1) is 62.3. The fraction of sp³-hybridized carbons (Fsp3) is 0.557. The molecule has 67 heavy (non-hydrogen) atoms. The molecule has 0 aromatic carbocycles. The molecule has 0 aliphatic carbocycles. The second-order valence-electron chi connectivity index (χ2n) is 16.7. The Morgan fingerprint density at radius 2 is 0.597 bits per heavy atom. The second-order valence-corrected chi connectivity index (χ2v) is 16.7. The van der Waals surface area contributed by atoms with Gasteiger partial charge in [-0.25, -0.2) is 0 Å². The van der Waals surface area contributed by atoms with Crippen LogP contribution in [0.3, 0.4) is 0 Å². The molecule has 0 radical (unpaired) electrons. The van der Waals surface area contributed by atoms with Crippen molar-refractivity contribution >= 4 is 17.9 Å². The molecular formula is C61H94O6. The Balaban J connectivity index is 4.67. The van der Waals surface area contributed by atoms with Crippen LogP contribution in [0.1, 0.15) is 201 Å². The van der Waals surface area contributed by atoms with Gasteiger partial charge in [-0.05, 0) is 135 Å². The summed E-state index contributed by atoms with van der Waals surface area (Å²) in [6.45, 7) is 6.31. The van der Waals surface area contributed by atoms with E-state index >= 15 is 0 Å². The normalized spacial score (nSPS) is 12.9. The van der Waals surface area contributed by atoms with Crippen molar-refractivity contribution in [1.29, 1.82) is 0 Å². The molecule has 0 aromatic heterocycles. The lowest BCUT2D eigenvalue weighted by atomic mass is 10.1. The van der Waals surface area contributed by atoms with Gasteiger partial charge >= 0.3 is 17.9 Å². The van der Waals surface area contributed by atoms with Gasteiger partial charge in [0.05, 0.1) is 0 Å². The largest absolute Gasteiger partial charge is 0.462 e. The highest BCUT2D eigenvalue weighted by molar-refractivity contribution is 5.71. The molecule has 0 aliphatic heterocycles. The van der Waals surface area contributed by atoms with Gasteiger partial charge in [0, 0.05) is 19.3 Å². The molecule has 0 spiro atoms. The highest BCUT2D eigenvalue weighted by atomic mass is 16.6.